The second-order valence-corrected chi connectivity index (χ2v) is 4.01. The smallest absolute Gasteiger partial charge is 0.0883 e. The van der Waals surface area contributed by atoms with Crippen molar-refractivity contribution in [1.29, 1.82) is 0 Å². The zero-order valence-corrected chi connectivity index (χ0v) is 9.03. The predicted octanol–water partition coefficient (Wildman–Crippen LogP) is 2.01. The molecule has 0 aliphatic heterocycles. The maximum absolute atomic E-state index is 9.91. The van der Waals surface area contributed by atoms with Crippen molar-refractivity contribution in [3.8, 4) is 0 Å². The summed E-state index contributed by atoms with van der Waals surface area (Å²) in [4.78, 5) is 0. The van der Waals surface area contributed by atoms with Crippen molar-refractivity contribution in [3.05, 3.63) is 35.9 Å². The molecule has 0 aliphatic rings. The lowest BCUT2D eigenvalue weighted by Gasteiger charge is -2.29. The quantitative estimate of drug-likeness (QED) is 0.794. The van der Waals surface area contributed by atoms with Crippen molar-refractivity contribution in [2.24, 2.45) is 0 Å². The molecule has 78 valence electrons. The van der Waals surface area contributed by atoms with Gasteiger partial charge in [0.2, 0.25) is 0 Å². The molecule has 1 N–H and O–H groups in total. The van der Waals surface area contributed by atoms with Crippen molar-refractivity contribution in [2.45, 2.75) is 32.0 Å². The molecule has 0 fully saturated rings. The molecular weight excluding hydrogens is 176 g/mol. The van der Waals surface area contributed by atoms with Gasteiger partial charge in [-0.2, -0.15) is 0 Å². The maximum atomic E-state index is 9.91. The summed E-state index contributed by atoms with van der Waals surface area (Å²) in [5.41, 5.74) is 0.640. The normalized spacial score (nSPS) is 14.0. The highest BCUT2D eigenvalue weighted by Crippen LogP contribution is 2.17. The van der Waals surface area contributed by atoms with E-state index in [0.29, 0.717) is 6.42 Å². The second-order valence-electron chi connectivity index (χ2n) is 4.01. The van der Waals surface area contributed by atoms with Gasteiger partial charge in [0, 0.05) is 13.5 Å². The van der Waals surface area contributed by atoms with Gasteiger partial charge in [-0.25, -0.2) is 0 Å². The summed E-state index contributed by atoms with van der Waals surface area (Å²) in [6.45, 7) is 3.78. The summed E-state index contributed by atoms with van der Waals surface area (Å²) >= 11 is 0. The highest BCUT2D eigenvalue weighted by molar-refractivity contribution is 5.16. The van der Waals surface area contributed by atoms with Crippen molar-refractivity contribution < 1.29 is 9.84 Å². The molecule has 0 saturated carbocycles. The van der Waals surface area contributed by atoms with Gasteiger partial charge in [0.25, 0.3) is 0 Å². The lowest BCUT2D eigenvalue weighted by molar-refractivity contribution is -0.0764. The lowest BCUT2D eigenvalue weighted by atomic mass is 9.95. The molecular formula is C12H18O2. The van der Waals surface area contributed by atoms with E-state index in [2.05, 4.69) is 0 Å². The van der Waals surface area contributed by atoms with Crippen molar-refractivity contribution in [2.75, 3.05) is 7.11 Å². The van der Waals surface area contributed by atoms with Gasteiger partial charge < -0.3 is 9.84 Å². The van der Waals surface area contributed by atoms with Gasteiger partial charge in [-0.15, -0.1) is 0 Å². The molecule has 0 bridgehead atoms. The number of methoxy groups -OCH3 is 1. The minimum atomic E-state index is -0.490. The number of ether oxygens (including phenoxy) is 1. The number of hydrogen-bond donors (Lipinski definition) is 1. The monoisotopic (exact) mass is 194 g/mol. The fourth-order valence-electron chi connectivity index (χ4n) is 1.22. The SMILES string of the molecule is COC(C)(C)C(O)Cc1ccccc1. The van der Waals surface area contributed by atoms with Crippen LogP contribution >= 0.6 is 0 Å². The molecule has 0 aromatic heterocycles. The number of benzene rings is 1. The molecule has 2 heteroatoms. The minimum Gasteiger partial charge on any atom is -0.390 e. The summed E-state index contributed by atoms with van der Waals surface area (Å²) in [5.74, 6) is 0. The Labute approximate surface area is 85.5 Å². The van der Waals surface area contributed by atoms with E-state index in [1.54, 1.807) is 7.11 Å². The molecule has 0 amide bonds. The number of aliphatic hydroxyl groups excluding tert-OH is 1. The van der Waals surface area contributed by atoms with E-state index in [1.165, 1.54) is 0 Å². The molecule has 0 aliphatic carbocycles. The van der Waals surface area contributed by atoms with Crippen LogP contribution in [0.25, 0.3) is 0 Å². The number of rotatable bonds is 4. The fourth-order valence-corrected chi connectivity index (χ4v) is 1.22. The van der Waals surface area contributed by atoms with Crippen LogP contribution in [0.4, 0.5) is 0 Å². The summed E-state index contributed by atoms with van der Waals surface area (Å²) in [6.07, 6.45) is 0.150. The molecule has 0 heterocycles. The first-order chi connectivity index (χ1) is 6.56. The molecule has 1 atom stereocenters. The Balaban J connectivity index is 2.62. The van der Waals surface area contributed by atoms with Crippen molar-refractivity contribution in [1.82, 2.24) is 0 Å². The van der Waals surface area contributed by atoms with Gasteiger partial charge in [0.05, 0.1) is 11.7 Å². The van der Waals surface area contributed by atoms with Crippen LogP contribution in [0.5, 0.6) is 0 Å². The Hall–Kier alpha value is -0.860. The molecule has 1 aromatic rings. The second kappa shape index (κ2) is 4.58. The average molecular weight is 194 g/mol. The Morgan fingerprint density at radius 1 is 1.29 bits per heavy atom. The van der Waals surface area contributed by atoms with Crippen LogP contribution in [-0.4, -0.2) is 23.9 Å². The highest BCUT2D eigenvalue weighted by atomic mass is 16.5. The third kappa shape index (κ3) is 2.82. The summed E-state index contributed by atoms with van der Waals surface area (Å²) in [6, 6.07) is 9.94. The minimum absolute atomic E-state index is 0.477. The molecule has 0 saturated heterocycles. The van der Waals surface area contributed by atoms with Gasteiger partial charge in [-0.1, -0.05) is 30.3 Å². The van der Waals surface area contributed by atoms with Crippen molar-refractivity contribution in [3.63, 3.8) is 0 Å². The molecule has 14 heavy (non-hydrogen) atoms. The van der Waals surface area contributed by atoms with Gasteiger partial charge in [0.1, 0.15) is 0 Å². The Bertz CT molecular complexity index is 267. The van der Waals surface area contributed by atoms with E-state index in [4.69, 9.17) is 4.74 Å². The van der Waals surface area contributed by atoms with Gasteiger partial charge in [0.15, 0.2) is 0 Å². The van der Waals surface area contributed by atoms with Crippen LogP contribution in [0.15, 0.2) is 30.3 Å². The van der Waals surface area contributed by atoms with E-state index in [9.17, 15) is 5.11 Å². The molecule has 0 radical (unpaired) electrons. The van der Waals surface area contributed by atoms with E-state index >= 15 is 0 Å². The van der Waals surface area contributed by atoms with E-state index in [1.807, 2.05) is 44.2 Å². The van der Waals surface area contributed by atoms with Gasteiger partial charge in [-0.05, 0) is 19.4 Å². The van der Waals surface area contributed by atoms with Crippen LogP contribution < -0.4 is 0 Å². The largest absolute Gasteiger partial charge is 0.390 e. The van der Waals surface area contributed by atoms with E-state index in [-0.39, 0.29) is 0 Å². The third-order valence-electron chi connectivity index (χ3n) is 2.60. The Morgan fingerprint density at radius 3 is 2.36 bits per heavy atom. The molecule has 0 spiro atoms. The molecule has 1 unspecified atom stereocenters. The van der Waals surface area contributed by atoms with Crippen LogP contribution in [0.1, 0.15) is 19.4 Å². The zero-order chi connectivity index (χ0) is 10.6. The zero-order valence-electron chi connectivity index (χ0n) is 9.03. The standard InChI is InChI=1S/C12H18O2/c1-12(2,14-3)11(13)9-10-7-5-4-6-8-10/h4-8,11,13H,9H2,1-3H3. The summed E-state index contributed by atoms with van der Waals surface area (Å²) < 4.78 is 5.22. The van der Waals surface area contributed by atoms with Crippen LogP contribution in [-0.2, 0) is 11.2 Å². The first-order valence-electron chi connectivity index (χ1n) is 4.83. The van der Waals surface area contributed by atoms with Crippen LogP contribution in [0, 0.1) is 0 Å². The molecule has 1 rings (SSSR count). The average Bonchev–Trinajstić information content (AvgIpc) is 2.19. The Kier molecular flexibility index (Phi) is 3.67. The Morgan fingerprint density at radius 2 is 1.86 bits per heavy atom. The predicted molar refractivity (Wildman–Crippen MR) is 57.2 cm³/mol. The van der Waals surface area contributed by atoms with Gasteiger partial charge >= 0.3 is 0 Å². The molecule has 1 aromatic carbocycles. The number of aliphatic hydroxyl groups is 1. The first-order valence-corrected chi connectivity index (χ1v) is 4.83. The summed E-state index contributed by atoms with van der Waals surface area (Å²) in [7, 11) is 1.62. The lowest BCUT2D eigenvalue weighted by Crippen LogP contribution is -2.39. The fraction of sp³-hybridized carbons (Fsp3) is 0.500. The topological polar surface area (TPSA) is 29.5 Å². The summed E-state index contributed by atoms with van der Waals surface area (Å²) in [5, 5.41) is 9.91. The van der Waals surface area contributed by atoms with Crippen molar-refractivity contribution >= 4 is 0 Å². The van der Waals surface area contributed by atoms with E-state index < -0.39 is 11.7 Å². The third-order valence-corrected chi connectivity index (χ3v) is 2.60. The van der Waals surface area contributed by atoms with Crippen LogP contribution in [0.3, 0.4) is 0 Å². The van der Waals surface area contributed by atoms with Crippen LogP contribution in [0.2, 0.25) is 0 Å². The first kappa shape index (κ1) is 11.2. The number of hydrogen-bond acceptors (Lipinski definition) is 2. The maximum Gasteiger partial charge on any atom is 0.0883 e. The molecule has 2 nitrogen and oxygen atoms in total. The van der Waals surface area contributed by atoms with E-state index in [0.717, 1.165) is 5.56 Å². The van der Waals surface area contributed by atoms with Gasteiger partial charge in [-0.3, -0.25) is 0 Å². The highest BCUT2D eigenvalue weighted by Gasteiger charge is 2.27.